The van der Waals surface area contributed by atoms with Gasteiger partial charge in [-0.1, -0.05) is 30.7 Å². The topological polar surface area (TPSA) is 78.7 Å². The van der Waals surface area contributed by atoms with Crippen molar-refractivity contribution in [2.75, 3.05) is 18.0 Å². The Morgan fingerprint density at radius 1 is 1.00 bits per heavy atom. The van der Waals surface area contributed by atoms with Gasteiger partial charge in [-0.2, -0.15) is 0 Å². The molecule has 0 bridgehead atoms. The molecule has 1 aliphatic rings. The monoisotopic (exact) mass is 533 g/mol. The first-order chi connectivity index (χ1) is 18.4. The zero-order valence-corrected chi connectivity index (χ0v) is 21.8. The van der Waals surface area contributed by atoms with Gasteiger partial charge in [0.25, 0.3) is 11.8 Å². The standard InChI is InChI=1S/C29H29ClFN5O2/c1-2-25-27(36-18-21(30)7-12-26(36)34-25)29(38)32-17-19-3-10-24(11-4-19)35-15-13-23(14-16-35)33-28(37)20-5-8-22(31)9-6-20/h3-12,18,23H,2,13-17H2,1H3,(H,32,38)(H,33,37). The summed E-state index contributed by atoms with van der Waals surface area (Å²) in [6, 6.07) is 17.4. The van der Waals surface area contributed by atoms with Gasteiger partial charge in [-0.3, -0.25) is 14.0 Å². The predicted octanol–water partition coefficient (Wildman–Crippen LogP) is 5.02. The number of aryl methyl sites for hydroxylation is 1. The van der Waals surface area contributed by atoms with E-state index in [1.807, 2.05) is 19.1 Å². The number of nitrogens with zero attached hydrogens (tertiary/aromatic N) is 3. The molecule has 1 saturated heterocycles. The third-order valence-electron chi connectivity index (χ3n) is 6.90. The van der Waals surface area contributed by atoms with E-state index in [1.54, 1.807) is 22.7 Å². The van der Waals surface area contributed by atoms with Gasteiger partial charge in [0.2, 0.25) is 0 Å². The molecular weight excluding hydrogens is 505 g/mol. The van der Waals surface area contributed by atoms with E-state index in [2.05, 4.69) is 32.7 Å². The molecule has 3 heterocycles. The molecule has 0 radical (unpaired) electrons. The minimum absolute atomic E-state index is 0.0841. The van der Waals surface area contributed by atoms with E-state index in [4.69, 9.17) is 11.6 Å². The number of piperidine rings is 1. The average molecular weight is 534 g/mol. The van der Waals surface area contributed by atoms with Crippen molar-refractivity contribution in [3.8, 4) is 0 Å². The minimum atomic E-state index is -0.355. The van der Waals surface area contributed by atoms with Crippen LogP contribution in [-0.4, -0.2) is 40.3 Å². The maximum absolute atomic E-state index is 13.1. The fourth-order valence-corrected chi connectivity index (χ4v) is 4.96. The van der Waals surface area contributed by atoms with Crippen molar-refractivity contribution in [3.63, 3.8) is 0 Å². The number of rotatable bonds is 7. The predicted molar refractivity (Wildman–Crippen MR) is 146 cm³/mol. The van der Waals surface area contributed by atoms with Gasteiger partial charge < -0.3 is 15.5 Å². The third-order valence-corrected chi connectivity index (χ3v) is 7.12. The Labute approximate surface area is 225 Å². The number of aromatic nitrogens is 2. The molecule has 0 saturated carbocycles. The molecule has 1 aliphatic heterocycles. The summed E-state index contributed by atoms with van der Waals surface area (Å²) in [6.07, 6.45) is 4.01. The van der Waals surface area contributed by atoms with Gasteiger partial charge in [-0.15, -0.1) is 0 Å². The lowest BCUT2D eigenvalue weighted by molar-refractivity contribution is 0.0927. The molecule has 0 unspecified atom stereocenters. The van der Waals surface area contributed by atoms with Gasteiger partial charge >= 0.3 is 0 Å². The van der Waals surface area contributed by atoms with Crippen LogP contribution in [0.4, 0.5) is 10.1 Å². The smallest absolute Gasteiger partial charge is 0.270 e. The highest BCUT2D eigenvalue weighted by Gasteiger charge is 2.22. The first-order valence-electron chi connectivity index (χ1n) is 12.8. The van der Waals surface area contributed by atoms with Crippen LogP contribution in [0.3, 0.4) is 0 Å². The molecule has 4 aromatic rings. The molecule has 7 nitrogen and oxygen atoms in total. The number of fused-ring (bicyclic) bond motifs is 1. The van der Waals surface area contributed by atoms with Crippen molar-refractivity contribution < 1.29 is 14.0 Å². The quantitative estimate of drug-likeness (QED) is 0.350. The number of anilines is 1. The fraction of sp³-hybridized carbons (Fsp3) is 0.276. The number of carbonyl (C=O) groups is 2. The summed E-state index contributed by atoms with van der Waals surface area (Å²) in [7, 11) is 0. The molecule has 0 aliphatic carbocycles. The van der Waals surface area contributed by atoms with E-state index < -0.39 is 0 Å². The van der Waals surface area contributed by atoms with Crippen molar-refractivity contribution in [2.24, 2.45) is 0 Å². The highest BCUT2D eigenvalue weighted by atomic mass is 35.5. The van der Waals surface area contributed by atoms with Gasteiger partial charge in [0.15, 0.2) is 0 Å². The van der Waals surface area contributed by atoms with Gasteiger partial charge in [0.1, 0.15) is 17.2 Å². The first-order valence-corrected chi connectivity index (χ1v) is 13.1. The molecule has 2 N–H and O–H groups in total. The summed E-state index contributed by atoms with van der Waals surface area (Å²) in [6.45, 7) is 4.01. The number of amides is 2. The molecule has 0 atom stereocenters. The molecule has 2 aromatic carbocycles. The second-order valence-corrected chi connectivity index (χ2v) is 9.86. The summed E-state index contributed by atoms with van der Waals surface area (Å²) in [4.78, 5) is 32.3. The summed E-state index contributed by atoms with van der Waals surface area (Å²) < 4.78 is 14.8. The van der Waals surface area contributed by atoms with Crippen molar-refractivity contribution in [1.29, 1.82) is 0 Å². The van der Waals surface area contributed by atoms with Crippen LogP contribution in [0.2, 0.25) is 5.02 Å². The largest absolute Gasteiger partial charge is 0.371 e. The Balaban J connectivity index is 1.14. The van der Waals surface area contributed by atoms with E-state index >= 15 is 0 Å². The second kappa shape index (κ2) is 11.2. The van der Waals surface area contributed by atoms with Crippen LogP contribution in [-0.2, 0) is 13.0 Å². The molecule has 2 aromatic heterocycles. The Morgan fingerprint density at radius 2 is 1.71 bits per heavy atom. The number of halogens is 2. The first kappa shape index (κ1) is 25.7. The Morgan fingerprint density at radius 3 is 2.39 bits per heavy atom. The number of benzene rings is 2. The lowest BCUT2D eigenvalue weighted by atomic mass is 10.0. The lowest BCUT2D eigenvalue weighted by Crippen LogP contribution is -2.44. The molecule has 5 rings (SSSR count). The number of nitrogens with one attached hydrogen (secondary N) is 2. The normalized spacial score (nSPS) is 14.0. The third kappa shape index (κ3) is 5.65. The van der Waals surface area contributed by atoms with Crippen LogP contribution in [0, 0.1) is 5.82 Å². The Hall–Kier alpha value is -3.91. The zero-order chi connectivity index (χ0) is 26.6. The highest BCUT2D eigenvalue weighted by Crippen LogP contribution is 2.22. The van der Waals surface area contributed by atoms with Gasteiger partial charge in [0, 0.05) is 43.1 Å². The molecular formula is C29H29ClFN5O2. The van der Waals surface area contributed by atoms with Crippen molar-refractivity contribution in [3.05, 3.63) is 100 Å². The number of carbonyl (C=O) groups excluding carboxylic acids is 2. The van der Waals surface area contributed by atoms with Gasteiger partial charge in [-0.25, -0.2) is 9.37 Å². The average Bonchev–Trinajstić information content (AvgIpc) is 3.30. The summed E-state index contributed by atoms with van der Waals surface area (Å²) >= 11 is 6.15. The van der Waals surface area contributed by atoms with Crippen LogP contribution in [0.15, 0.2) is 66.9 Å². The van der Waals surface area contributed by atoms with Crippen LogP contribution < -0.4 is 15.5 Å². The Kier molecular flexibility index (Phi) is 7.60. The van der Waals surface area contributed by atoms with E-state index in [0.717, 1.165) is 42.9 Å². The molecule has 9 heteroatoms. The Bertz CT molecular complexity index is 1440. The van der Waals surface area contributed by atoms with Crippen molar-refractivity contribution in [2.45, 2.75) is 38.8 Å². The van der Waals surface area contributed by atoms with Crippen LogP contribution in [0.5, 0.6) is 0 Å². The SMILES string of the molecule is CCc1nc2ccc(Cl)cn2c1C(=O)NCc1ccc(N2CCC(NC(=O)c3ccc(F)cc3)CC2)cc1. The number of pyridine rings is 1. The molecule has 1 fully saturated rings. The van der Waals surface area contributed by atoms with Crippen LogP contribution in [0.25, 0.3) is 5.65 Å². The van der Waals surface area contributed by atoms with E-state index in [0.29, 0.717) is 34.9 Å². The van der Waals surface area contributed by atoms with E-state index in [-0.39, 0.29) is 23.7 Å². The molecule has 196 valence electrons. The fourth-order valence-electron chi connectivity index (χ4n) is 4.80. The van der Waals surface area contributed by atoms with Crippen molar-refractivity contribution in [1.82, 2.24) is 20.0 Å². The zero-order valence-electron chi connectivity index (χ0n) is 21.1. The lowest BCUT2D eigenvalue weighted by Gasteiger charge is -2.34. The number of hydrogen-bond donors (Lipinski definition) is 2. The van der Waals surface area contributed by atoms with Gasteiger partial charge in [-0.05, 0) is 73.4 Å². The summed E-state index contributed by atoms with van der Waals surface area (Å²) in [5.74, 6) is -0.718. The highest BCUT2D eigenvalue weighted by molar-refractivity contribution is 6.30. The summed E-state index contributed by atoms with van der Waals surface area (Å²) in [5, 5.41) is 6.61. The number of imidazole rings is 1. The maximum Gasteiger partial charge on any atom is 0.270 e. The van der Waals surface area contributed by atoms with E-state index in [9.17, 15) is 14.0 Å². The second-order valence-electron chi connectivity index (χ2n) is 9.43. The maximum atomic E-state index is 13.1. The van der Waals surface area contributed by atoms with Gasteiger partial charge in [0.05, 0.1) is 10.7 Å². The molecule has 38 heavy (non-hydrogen) atoms. The number of hydrogen-bond acceptors (Lipinski definition) is 4. The van der Waals surface area contributed by atoms with E-state index in [1.165, 1.54) is 24.3 Å². The van der Waals surface area contributed by atoms with Crippen molar-refractivity contribution >= 4 is 34.7 Å². The summed E-state index contributed by atoms with van der Waals surface area (Å²) in [5.41, 5.74) is 4.50. The van der Waals surface area contributed by atoms with Crippen LogP contribution >= 0.6 is 11.6 Å². The van der Waals surface area contributed by atoms with Crippen LogP contribution in [0.1, 0.15) is 51.9 Å². The minimum Gasteiger partial charge on any atom is -0.371 e. The molecule has 2 amide bonds. The molecule has 0 spiro atoms.